The third-order valence-electron chi connectivity index (χ3n) is 2.90. The summed E-state index contributed by atoms with van der Waals surface area (Å²) in [6.45, 7) is 0.205. The molecule has 1 atom stereocenters. The van der Waals surface area contributed by atoms with E-state index in [1.54, 1.807) is 0 Å². The molecule has 2 heterocycles. The molecule has 114 valence electrons. The summed E-state index contributed by atoms with van der Waals surface area (Å²) in [5.74, 6) is 1.11. The molecule has 0 aromatic carbocycles. The molecule has 0 saturated carbocycles. The monoisotopic (exact) mass is 375 g/mol. The van der Waals surface area contributed by atoms with Crippen molar-refractivity contribution >= 4 is 54.6 Å². The van der Waals surface area contributed by atoms with E-state index in [1.807, 2.05) is 0 Å². The maximum absolute atomic E-state index is 12.6. The lowest BCUT2D eigenvalue weighted by Gasteiger charge is -2.32. The Morgan fingerprint density at radius 1 is 1.40 bits per heavy atom. The second-order valence-electron chi connectivity index (χ2n) is 4.36. The minimum Gasteiger partial charge on any atom is -0.227 e. The third kappa shape index (κ3) is 3.33. The van der Waals surface area contributed by atoms with Crippen molar-refractivity contribution in [2.24, 2.45) is 0 Å². The van der Waals surface area contributed by atoms with Crippen LogP contribution in [0.25, 0.3) is 0 Å². The van der Waals surface area contributed by atoms with Crippen LogP contribution < -0.4 is 0 Å². The Morgan fingerprint density at radius 3 is 2.65 bits per heavy atom. The Kier molecular flexibility index (Phi) is 5.08. The highest BCUT2D eigenvalue weighted by atomic mass is 35.5. The van der Waals surface area contributed by atoms with Crippen molar-refractivity contribution in [2.75, 3.05) is 24.3 Å². The summed E-state index contributed by atoms with van der Waals surface area (Å²) in [6.07, 6.45) is 1.07. The molecule has 1 fully saturated rings. The van der Waals surface area contributed by atoms with E-state index in [1.165, 1.54) is 34.5 Å². The molecule has 0 aliphatic carbocycles. The lowest BCUT2D eigenvalue weighted by molar-refractivity contribution is 0.405. The number of hydrogen-bond donors (Lipinski definition) is 0. The van der Waals surface area contributed by atoms with Gasteiger partial charge in [0.05, 0.1) is 10.8 Å². The van der Waals surface area contributed by atoms with Crippen LogP contribution in [0.15, 0.2) is 16.3 Å². The van der Waals surface area contributed by atoms with Crippen LogP contribution in [0.1, 0.15) is 4.88 Å². The molecule has 1 saturated heterocycles. The zero-order chi connectivity index (χ0) is 15.0. The van der Waals surface area contributed by atoms with Gasteiger partial charge >= 0.3 is 0 Å². The quantitative estimate of drug-likeness (QED) is 0.747. The van der Waals surface area contributed by atoms with Gasteiger partial charge < -0.3 is 0 Å². The van der Waals surface area contributed by atoms with Crippen LogP contribution in [-0.4, -0.2) is 50.8 Å². The first kappa shape index (κ1) is 16.6. The number of rotatable bonds is 4. The Balaban J connectivity index is 2.40. The zero-order valence-electron chi connectivity index (χ0n) is 10.7. The first-order valence-corrected chi connectivity index (χ1v) is 11.6. The van der Waals surface area contributed by atoms with Crippen LogP contribution >= 0.6 is 34.7 Å². The second-order valence-corrected chi connectivity index (χ2v) is 10.9. The SMILES string of the molecule is CS(=O)(=O)C1CSCCN1S(=O)(=O)c1csc(CCl)c1. The summed E-state index contributed by atoms with van der Waals surface area (Å²) in [5.41, 5.74) is 0. The maximum Gasteiger partial charge on any atom is 0.245 e. The normalized spacial score (nSPS) is 22.0. The molecule has 1 aromatic heterocycles. The third-order valence-corrected chi connectivity index (χ3v) is 9.09. The predicted molar refractivity (Wildman–Crippen MR) is 83.7 cm³/mol. The fourth-order valence-electron chi connectivity index (χ4n) is 1.88. The highest BCUT2D eigenvalue weighted by Crippen LogP contribution is 2.29. The van der Waals surface area contributed by atoms with Gasteiger partial charge in [-0.05, 0) is 6.07 Å². The number of hydrogen-bond acceptors (Lipinski definition) is 6. The summed E-state index contributed by atoms with van der Waals surface area (Å²) in [7, 11) is -7.25. The van der Waals surface area contributed by atoms with Crippen LogP contribution in [0.3, 0.4) is 0 Å². The molecular formula is C10H14ClNO4S4. The summed E-state index contributed by atoms with van der Waals surface area (Å²) in [4.78, 5) is 0.867. The van der Waals surface area contributed by atoms with Gasteiger partial charge in [-0.1, -0.05) is 0 Å². The number of thiophene rings is 1. The van der Waals surface area contributed by atoms with Crippen molar-refractivity contribution < 1.29 is 16.8 Å². The van der Waals surface area contributed by atoms with E-state index < -0.39 is 25.2 Å². The molecule has 0 spiro atoms. The molecule has 0 bridgehead atoms. The Labute approximate surface area is 132 Å². The standard InChI is InChI=1S/C10H14ClNO4S4/c1-19(13,14)10-7-17-3-2-12(10)20(15,16)9-4-8(5-11)18-6-9/h4,6,10H,2-3,5,7H2,1H3. The average molecular weight is 376 g/mol. The van der Waals surface area contributed by atoms with Gasteiger partial charge in [0, 0.05) is 34.6 Å². The van der Waals surface area contributed by atoms with E-state index >= 15 is 0 Å². The van der Waals surface area contributed by atoms with E-state index in [2.05, 4.69) is 0 Å². The minimum absolute atomic E-state index is 0.124. The van der Waals surface area contributed by atoms with Crippen LogP contribution in [-0.2, 0) is 25.7 Å². The lowest BCUT2D eigenvalue weighted by Crippen LogP contribution is -2.49. The summed E-state index contributed by atoms with van der Waals surface area (Å²) in [5, 5.41) is 0.513. The molecule has 0 amide bonds. The summed E-state index contributed by atoms with van der Waals surface area (Å²) >= 11 is 8.39. The minimum atomic E-state index is -3.79. The van der Waals surface area contributed by atoms with E-state index in [0.29, 0.717) is 5.75 Å². The maximum atomic E-state index is 12.6. The molecule has 2 rings (SSSR count). The second kappa shape index (κ2) is 6.13. The largest absolute Gasteiger partial charge is 0.245 e. The van der Waals surface area contributed by atoms with E-state index in [4.69, 9.17) is 11.6 Å². The molecule has 10 heteroatoms. The Morgan fingerprint density at radius 2 is 2.10 bits per heavy atom. The van der Waals surface area contributed by atoms with Crippen LogP contribution in [0.5, 0.6) is 0 Å². The van der Waals surface area contributed by atoms with E-state index in [9.17, 15) is 16.8 Å². The first-order chi connectivity index (χ1) is 9.26. The highest BCUT2D eigenvalue weighted by Gasteiger charge is 2.39. The van der Waals surface area contributed by atoms with Crippen LogP contribution in [0, 0.1) is 0 Å². The number of sulfone groups is 1. The molecule has 1 aromatic rings. The number of halogens is 1. The van der Waals surface area contributed by atoms with Gasteiger partial charge in [0.25, 0.3) is 0 Å². The molecule has 5 nitrogen and oxygen atoms in total. The van der Waals surface area contributed by atoms with Gasteiger partial charge in [0.15, 0.2) is 9.84 Å². The van der Waals surface area contributed by atoms with E-state index in [0.717, 1.165) is 15.4 Å². The van der Waals surface area contributed by atoms with Gasteiger partial charge in [-0.25, -0.2) is 16.8 Å². The molecule has 0 radical (unpaired) electrons. The fourth-order valence-corrected chi connectivity index (χ4v) is 8.42. The number of alkyl halides is 1. The molecule has 1 aliphatic rings. The van der Waals surface area contributed by atoms with Crippen molar-refractivity contribution in [1.29, 1.82) is 0 Å². The van der Waals surface area contributed by atoms with Crippen LogP contribution in [0.2, 0.25) is 0 Å². The number of nitrogens with zero attached hydrogens (tertiary/aromatic N) is 1. The first-order valence-electron chi connectivity index (χ1n) is 5.68. The zero-order valence-corrected chi connectivity index (χ0v) is 14.7. The molecule has 1 aliphatic heterocycles. The summed E-state index contributed by atoms with van der Waals surface area (Å²) < 4.78 is 49.9. The van der Waals surface area contributed by atoms with Crippen molar-refractivity contribution in [3.8, 4) is 0 Å². The topological polar surface area (TPSA) is 71.5 Å². The Hall–Kier alpha value is 0.200. The summed E-state index contributed by atoms with van der Waals surface area (Å²) in [6, 6.07) is 1.51. The predicted octanol–water partition coefficient (Wildman–Crippen LogP) is 1.60. The molecular weight excluding hydrogens is 362 g/mol. The van der Waals surface area contributed by atoms with Crippen LogP contribution in [0.4, 0.5) is 0 Å². The van der Waals surface area contributed by atoms with Gasteiger partial charge in [0.2, 0.25) is 10.0 Å². The van der Waals surface area contributed by atoms with Crippen molar-refractivity contribution in [3.05, 3.63) is 16.3 Å². The van der Waals surface area contributed by atoms with E-state index in [-0.39, 0.29) is 23.1 Å². The lowest BCUT2D eigenvalue weighted by atomic mass is 10.5. The number of sulfonamides is 1. The Bertz CT molecular complexity index is 682. The van der Waals surface area contributed by atoms with Gasteiger partial charge in [-0.2, -0.15) is 16.1 Å². The van der Waals surface area contributed by atoms with Crippen molar-refractivity contribution in [2.45, 2.75) is 16.1 Å². The fraction of sp³-hybridized carbons (Fsp3) is 0.600. The van der Waals surface area contributed by atoms with Crippen molar-refractivity contribution in [3.63, 3.8) is 0 Å². The highest BCUT2D eigenvalue weighted by molar-refractivity contribution is 8.01. The number of thioether (sulfide) groups is 1. The smallest absolute Gasteiger partial charge is 0.227 e. The van der Waals surface area contributed by atoms with Gasteiger partial charge in [-0.15, -0.1) is 22.9 Å². The van der Waals surface area contributed by atoms with Gasteiger partial charge in [-0.3, -0.25) is 0 Å². The molecule has 0 N–H and O–H groups in total. The molecule has 1 unspecified atom stereocenters. The average Bonchev–Trinajstić information content (AvgIpc) is 2.87. The van der Waals surface area contributed by atoms with Crippen molar-refractivity contribution in [1.82, 2.24) is 4.31 Å². The molecule has 20 heavy (non-hydrogen) atoms. The van der Waals surface area contributed by atoms with Gasteiger partial charge in [0.1, 0.15) is 5.37 Å².